The first-order valence-electron chi connectivity index (χ1n) is 11.9. The van der Waals surface area contributed by atoms with Crippen LogP contribution in [-0.2, 0) is 17.9 Å². The summed E-state index contributed by atoms with van der Waals surface area (Å²) in [6.07, 6.45) is 3.43. The summed E-state index contributed by atoms with van der Waals surface area (Å²) in [5.74, 6) is 1.18. The van der Waals surface area contributed by atoms with Crippen molar-refractivity contribution in [1.82, 2.24) is 9.80 Å². The van der Waals surface area contributed by atoms with Crippen LogP contribution in [0.1, 0.15) is 22.3 Å². The first-order chi connectivity index (χ1) is 17.4. The maximum Gasteiger partial charge on any atom is 0.246 e. The van der Waals surface area contributed by atoms with E-state index >= 15 is 0 Å². The van der Waals surface area contributed by atoms with E-state index in [1.807, 2.05) is 60.4 Å². The third-order valence-electron chi connectivity index (χ3n) is 6.20. The molecule has 3 aromatic carbocycles. The highest BCUT2D eigenvalue weighted by Gasteiger charge is 2.20. The number of hydrogen-bond acceptors (Lipinski definition) is 4. The van der Waals surface area contributed by atoms with Gasteiger partial charge >= 0.3 is 0 Å². The molecule has 1 fully saturated rings. The number of hydrogen-bond donors (Lipinski definition) is 0. The molecule has 36 heavy (non-hydrogen) atoms. The van der Waals surface area contributed by atoms with Crippen LogP contribution in [0.3, 0.4) is 0 Å². The molecule has 0 N–H and O–H groups in total. The zero-order chi connectivity index (χ0) is 25.5. The number of piperazine rings is 1. The molecule has 4 rings (SSSR count). The Morgan fingerprint density at radius 1 is 1.03 bits per heavy atom. The van der Waals surface area contributed by atoms with Crippen molar-refractivity contribution in [1.29, 1.82) is 0 Å². The van der Waals surface area contributed by atoms with Gasteiger partial charge in [-0.25, -0.2) is 4.39 Å². The average molecular weight is 509 g/mol. The Kier molecular flexibility index (Phi) is 8.62. The Labute approximate surface area is 216 Å². The normalized spacial score (nSPS) is 14.3. The Bertz CT molecular complexity index is 1240. The minimum atomic E-state index is -0.339. The van der Waals surface area contributed by atoms with Gasteiger partial charge in [-0.1, -0.05) is 35.9 Å². The highest BCUT2D eigenvalue weighted by molar-refractivity contribution is 6.31. The summed E-state index contributed by atoms with van der Waals surface area (Å²) in [6.45, 7) is 5.74. The smallest absolute Gasteiger partial charge is 0.246 e. The number of benzene rings is 3. The van der Waals surface area contributed by atoms with Crippen molar-refractivity contribution in [3.05, 3.63) is 99.8 Å². The Balaban J connectivity index is 1.32. The molecule has 0 saturated carbocycles. The van der Waals surface area contributed by atoms with Crippen LogP contribution in [0, 0.1) is 12.7 Å². The van der Waals surface area contributed by atoms with E-state index in [-0.39, 0.29) is 11.7 Å². The van der Waals surface area contributed by atoms with Crippen molar-refractivity contribution in [2.24, 2.45) is 0 Å². The minimum absolute atomic E-state index is 0.0251. The fourth-order valence-corrected chi connectivity index (χ4v) is 4.40. The van der Waals surface area contributed by atoms with Crippen LogP contribution >= 0.6 is 11.6 Å². The summed E-state index contributed by atoms with van der Waals surface area (Å²) in [6, 6.07) is 18.2. The summed E-state index contributed by atoms with van der Waals surface area (Å²) >= 11 is 6.16. The van der Waals surface area contributed by atoms with E-state index in [0.717, 1.165) is 46.8 Å². The molecular formula is C29H30ClFN2O3. The van der Waals surface area contributed by atoms with Crippen LogP contribution < -0.4 is 9.47 Å². The van der Waals surface area contributed by atoms with E-state index in [4.69, 9.17) is 21.1 Å². The molecule has 0 radical (unpaired) electrons. The molecule has 1 aliphatic heterocycles. The first kappa shape index (κ1) is 25.7. The molecule has 0 bridgehead atoms. The monoisotopic (exact) mass is 508 g/mol. The first-order valence-corrected chi connectivity index (χ1v) is 12.3. The quantitative estimate of drug-likeness (QED) is 0.364. The highest BCUT2D eigenvalue weighted by Crippen LogP contribution is 2.24. The third-order valence-corrected chi connectivity index (χ3v) is 6.55. The lowest BCUT2D eigenvalue weighted by molar-refractivity contribution is -0.127. The second kappa shape index (κ2) is 12.1. The summed E-state index contributed by atoms with van der Waals surface area (Å²) in [5, 5.41) is 0.430. The topological polar surface area (TPSA) is 42.0 Å². The van der Waals surface area contributed by atoms with Crippen LogP contribution in [0.15, 0.2) is 66.7 Å². The van der Waals surface area contributed by atoms with Gasteiger partial charge in [-0.3, -0.25) is 9.69 Å². The Morgan fingerprint density at radius 3 is 2.56 bits per heavy atom. The van der Waals surface area contributed by atoms with Crippen LogP contribution in [0.2, 0.25) is 5.02 Å². The largest absolute Gasteiger partial charge is 0.496 e. The van der Waals surface area contributed by atoms with Crippen LogP contribution in [0.4, 0.5) is 4.39 Å². The number of methoxy groups -OCH3 is 1. The van der Waals surface area contributed by atoms with E-state index in [1.54, 1.807) is 19.3 Å². The molecule has 188 valence electrons. The van der Waals surface area contributed by atoms with E-state index in [1.165, 1.54) is 12.1 Å². The second-order valence-electron chi connectivity index (χ2n) is 8.85. The van der Waals surface area contributed by atoms with Gasteiger partial charge in [0.15, 0.2) is 0 Å². The molecule has 1 heterocycles. The van der Waals surface area contributed by atoms with Crippen molar-refractivity contribution in [3.63, 3.8) is 0 Å². The molecule has 1 saturated heterocycles. The Hall–Kier alpha value is -3.35. The van der Waals surface area contributed by atoms with Crippen molar-refractivity contribution >= 4 is 23.6 Å². The minimum Gasteiger partial charge on any atom is -0.496 e. The SMILES string of the molecule is COc1ccc(/C=C/C(=O)N2CCN(Cc3ccc(F)cc3Cl)CC2)cc1COc1cccc(C)c1. The predicted octanol–water partition coefficient (Wildman–Crippen LogP) is 5.73. The summed E-state index contributed by atoms with van der Waals surface area (Å²) < 4.78 is 24.7. The van der Waals surface area contributed by atoms with Crippen molar-refractivity contribution in [3.8, 4) is 11.5 Å². The van der Waals surface area contributed by atoms with Crippen LogP contribution in [0.25, 0.3) is 6.08 Å². The van der Waals surface area contributed by atoms with Crippen LogP contribution in [-0.4, -0.2) is 49.0 Å². The van der Waals surface area contributed by atoms with Crippen LogP contribution in [0.5, 0.6) is 11.5 Å². The molecule has 0 aliphatic carbocycles. The van der Waals surface area contributed by atoms with E-state index in [2.05, 4.69) is 4.90 Å². The molecule has 1 amide bonds. The van der Waals surface area contributed by atoms with Gasteiger partial charge in [-0.2, -0.15) is 0 Å². The van der Waals surface area contributed by atoms with E-state index in [9.17, 15) is 9.18 Å². The average Bonchev–Trinajstić information content (AvgIpc) is 2.88. The number of ether oxygens (including phenoxy) is 2. The highest BCUT2D eigenvalue weighted by atomic mass is 35.5. The molecule has 0 spiro atoms. The van der Waals surface area contributed by atoms with Crippen molar-refractivity contribution in [2.75, 3.05) is 33.3 Å². The lowest BCUT2D eigenvalue weighted by Gasteiger charge is -2.34. The van der Waals surface area contributed by atoms with Crippen molar-refractivity contribution < 1.29 is 18.7 Å². The number of carbonyl (C=O) groups is 1. The van der Waals surface area contributed by atoms with E-state index in [0.29, 0.717) is 31.3 Å². The fraction of sp³-hybridized carbons (Fsp3) is 0.276. The number of rotatable bonds is 8. The lowest BCUT2D eigenvalue weighted by atomic mass is 10.1. The zero-order valence-electron chi connectivity index (χ0n) is 20.5. The van der Waals surface area contributed by atoms with Gasteiger partial charge in [0.2, 0.25) is 5.91 Å². The van der Waals surface area contributed by atoms with Gasteiger partial charge in [0.25, 0.3) is 0 Å². The second-order valence-corrected chi connectivity index (χ2v) is 9.25. The van der Waals surface area contributed by atoms with Gasteiger partial charge in [0.1, 0.15) is 23.9 Å². The number of amides is 1. The fourth-order valence-electron chi connectivity index (χ4n) is 4.17. The standard InChI is InChI=1S/C29H30ClFN2O3/c1-21-4-3-5-26(16-21)36-20-24-17-22(6-10-28(24)35-2)7-11-29(34)33-14-12-32(13-15-33)19-23-8-9-25(31)18-27(23)30/h3-11,16-18H,12-15,19-20H2,1-2H3/b11-7+. The molecule has 0 unspecified atom stereocenters. The maximum absolute atomic E-state index is 13.3. The molecule has 7 heteroatoms. The van der Waals surface area contributed by atoms with Crippen molar-refractivity contribution in [2.45, 2.75) is 20.1 Å². The predicted molar refractivity (Wildman–Crippen MR) is 141 cm³/mol. The summed E-state index contributed by atoms with van der Waals surface area (Å²) in [5.41, 5.74) is 3.83. The summed E-state index contributed by atoms with van der Waals surface area (Å²) in [4.78, 5) is 16.8. The third kappa shape index (κ3) is 6.86. The number of aryl methyl sites for hydroxylation is 1. The maximum atomic E-state index is 13.3. The lowest BCUT2D eigenvalue weighted by Crippen LogP contribution is -2.47. The van der Waals surface area contributed by atoms with Gasteiger partial charge in [-0.15, -0.1) is 0 Å². The van der Waals surface area contributed by atoms with Gasteiger partial charge in [0, 0.05) is 49.4 Å². The van der Waals surface area contributed by atoms with E-state index < -0.39 is 0 Å². The number of carbonyl (C=O) groups excluding carboxylic acids is 1. The van der Waals surface area contributed by atoms with Gasteiger partial charge in [0.05, 0.1) is 7.11 Å². The molecule has 3 aromatic rings. The molecule has 5 nitrogen and oxygen atoms in total. The molecule has 1 aliphatic rings. The zero-order valence-corrected chi connectivity index (χ0v) is 21.3. The number of halogens is 2. The molecule has 0 aromatic heterocycles. The molecular weight excluding hydrogens is 479 g/mol. The molecule has 0 atom stereocenters. The van der Waals surface area contributed by atoms with Gasteiger partial charge in [-0.05, 0) is 66.1 Å². The summed E-state index contributed by atoms with van der Waals surface area (Å²) in [7, 11) is 1.63. The number of nitrogens with zero attached hydrogens (tertiary/aromatic N) is 2. The van der Waals surface area contributed by atoms with Gasteiger partial charge < -0.3 is 14.4 Å². The Morgan fingerprint density at radius 2 is 1.83 bits per heavy atom.